The lowest BCUT2D eigenvalue weighted by Crippen LogP contribution is -2.32. The van der Waals surface area contributed by atoms with Gasteiger partial charge in [0.05, 0.1) is 6.10 Å². The summed E-state index contributed by atoms with van der Waals surface area (Å²) < 4.78 is 24.1. The van der Waals surface area contributed by atoms with Crippen molar-refractivity contribution in [3.63, 3.8) is 0 Å². The van der Waals surface area contributed by atoms with E-state index in [4.69, 9.17) is 21.7 Å². The number of nitrogens with one attached hydrogen (secondary N) is 2. The summed E-state index contributed by atoms with van der Waals surface area (Å²) in [5.74, 6) is 0.0480. The minimum atomic E-state index is -0.377. The molecule has 3 rings (SSSR count). The molecule has 28 heavy (non-hydrogen) atoms. The molecule has 0 aliphatic carbocycles. The molecule has 1 aliphatic heterocycles. The molecule has 0 bridgehead atoms. The van der Waals surface area contributed by atoms with Crippen molar-refractivity contribution in [1.82, 2.24) is 5.32 Å². The first-order valence-corrected chi connectivity index (χ1v) is 9.39. The van der Waals surface area contributed by atoms with E-state index in [-0.39, 0.29) is 22.9 Å². The second-order valence-corrected chi connectivity index (χ2v) is 6.71. The van der Waals surface area contributed by atoms with Crippen LogP contribution in [-0.4, -0.2) is 30.3 Å². The minimum absolute atomic E-state index is 0.170. The van der Waals surface area contributed by atoms with Gasteiger partial charge in [-0.2, -0.15) is 0 Å². The number of carbonyl (C=O) groups excluding carboxylic acids is 1. The van der Waals surface area contributed by atoms with Gasteiger partial charge in [0.25, 0.3) is 0 Å². The molecule has 2 N–H and O–H groups in total. The summed E-state index contributed by atoms with van der Waals surface area (Å²) in [5, 5.41) is 5.68. The lowest BCUT2D eigenvalue weighted by Gasteiger charge is -2.12. The third-order valence-electron chi connectivity index (χ3n) is 4.11. The third-order valence-corrected chi connectivity index (χ3v) is 4.31. The van der Waals surface area contributed by atoms with Crippen LogP contribution in [0.25, 0.3) is 6.08 Å². The number of rotatable bonds is 6. The average molecular weight is 400 g/mol. The van der Waals surface area contributed by atoms with Crippen molar-refractivity contribution in [2.24, 2.45) is 0 Å². The van der Waals surface area contributed by atoms with Gasteiger partial charge < -0.3 is 14.8 Å². The zero-order valence-electron chi connectivity index (χ0n) is 15.2. The van der Waals surface area contributed by atoms with Crippen molar-refractivity contribution >= 4 is 35.0 Å². The highest BCUT2D eigenvalue weighted by atomic mass is 32.1. The molecule has 1 fully saturated rings. The van der Waals surface area contributed by atoms with Gasteiger partial charge >= 0.3 is 0 Å². The summed E-state index contributed by atoms with van der Waals surface area (Å²) in [7, 11) is 0. The van der Waals surface area contributed by atoms with Gasteiger partial charge in [-0.1, -0.05) is 12.1 Å². The van der Waals surface area contributed by atoms with Crippen molar-refractivity contribution in [2.75, 3.05) is 18.5 Å². The van der Waals surface area contributed by atoms with Crippen molar-refractivity contribution < 1.29 is 18.7 Å². The van der Waals surface area contributed by atoms with Crippen LogP contribution in [0.4, 0.5) is 10.1 Å². The molecule has 1 unspecified atom stereocenters. The predicted molar refractivity (Wildman–Crippen MR) is 111 cm³/mol. The van der Waals surface area contributed by atoms with E-state index >= 15 is 0 Å². The lowest BCUT2D eigenvalue weighted by atomic mass is 10.2. The van der Waals surface area contributed by atoms with Gasteiger partial charge in [-0.25, -0.2) is 4.39 Å². The number of hydrogen-bond acceptors (Lipinski definition) is 4. The van der Waals surface area contributed by atoms with Crippen molar-refractivity contribution in [2.45, 2.75) is 18.9 Å². The van der Waals surface area contributed by atoms with E-state index < -0.39 is 0 Å². The Kier molecular flexibility index (Phi) is 7.11. The smallest absolute Gasteiger partial charge is 0.250 e. The summed E-state index contributed by atoms with van der Waals surface area (Å²) in [4.78, 5) is 11.9. The van der Waals surface area contributed by atoms with Gasteiger partial charge in [-0.15, -0.1) is 0 Å². The molecule has 1 saturated heterocycles. The quantitative estimate of drug-likeness (QED) is 0.569. The summed E-state index contributed by atoms with van der Waals surface area (Å²) in [6.07, 6.45) is 5.20. The van der Waals surface area contributed by atoms with Crippen LogP contribution < -0.4 is 15.4 Å². The Morgan fingerprint density at radius 3 is 2.64 bits per heavy atom. The van der Waals surface area contributed by atoms with E-state index in [1.54, 1.807) is 18.2 Å². The van der Waals surface area contributed by atoms with Gasteiger partial charge in [-0.05, 0) is 73.1 Å². The zero-order valence-corrected chi connectivity index (χ0v) is 16.0. The number of hydrogen-bond donors (Lipinski definition) is 2. The molecule has 0 aromatic heterocycles. The Balaban J connectivity index is 1.43. The normalized spacial score (nSPS) is 16.1. The second-order valence-electron chi connectivity index (χ2n) is 6.30. The molecule has 0 saturated carbocycles. The third kappa shape index (κ3) is 6.44. The van der Waals surface area contributed by atoms with Crippen LogP contribution in [0.15, 0.2) is 54.6 Å². The van der Waals surface area contributed by atoms with E-state index in [0.29, 0.717) is 12.2 Å². The maximum atomic E-state index is 12.9. The fourth-order valence-electron chi connectivity index (χ4n) is 2.66. The van der Waals surface area contributed by atoms with E-state index in [1.165, 1.54) is 18.2 Å². The maximum Gasteiger partial charge on any atom is 0.250 e. The Bertz CT molecular complexity index is 832. The number of amides is 1. The number of anilines is 1. The number of ether oxygens (including phenoxy) is 2. The first-order chi connectivity index (χ1) is 13.6. The summed E-state index contributed by atoms with van der Waals surface area (Å²) in [6, 6.07) is 13.1. The van der Waals surface area contributed by atoms with Crippen LogP contribution >= 0.6 is 12.2 Å². The molecule has 0 spiro atoms. The molecule has 1 heterocycles. The molecule has 146 valence electrons. The van der Waals surface area contributed by atoms with Crippen LogP contribution in [0.3, 0.4) is 0 Å². The highest BCUT2D eigenvalue weighted by Crippen LogP contribution is 2.18. The monoisotopic (exact) mass is 400 g/mol. The molecular weight excluding hydrogens is 379 g/mol. The first-order valence-electron chi connectivity index (χ1n) is 8.98. The fourth-order valence-corrected chi connectivity index (χ4v) is 2.88. The van der Waals surface area contributed by atoms with Crippen molar-refractivity contribution in [3.05, 3.63) is 66.0 Å². The summed E-state index contributed by atoms with van der Waals surface area (Å²) in [6.45, 7) is 1.35. The van der Waals surface area contributed by atoms with Gasteiger partial charge in [-0.3, -0.25) is 10.1 Å². The molecule has 0 radical (unpaired) electrons. The Hall–Kier alpha value is -2.77. The van der Waals surface area contributed by atoms with Crippen LogP contribution in [0.1, 0.15) is 18.4 Å². The average Bonchev–Trinajstić information content (AvgIpc) is 3.20. The molecule has 2 aromatic rings. The summed E-state index contributed by atoms with van der Waals surface area (Å²) >= 11 is 5.14. The highest BCUT2D eigenvalue weighted by Gasteiger charge is 2.15. The van der Waals surface area contributed by atoms with Gasteiger partial charge in [0.2, 0.25) is 5.91 Å². The molecule has 5 nitrogen and oxygen atoms in total. The molecule has 7 heteroatoms. The maximum absolute atomic E-state index is 12.9. The van der Waals surface area contributed by atoms with Gasteiger partial charge in [0.15, 0.2) is 5.11 Å². The van der Waals surface area contributed by atoms with Crippen molar-refractivity contribution in [1.29, 1.82) is 0 Å². The van der Waals surface area contributed by atoms with Crippen LogP contribution in [0, 0.1) is 5.82 Å². The Labute approximate surface area is 168 Å². The Morgan fingerprint density at radius 1 is 1.21 bits per heavy atom. The van der Waals surface area contributed by atoms with E-state index in [2.05, 4.69) is 10.6 Å². The zero-order chi connectivity index (χ0) is 19.8. The van der Waals surface area contributed by atoms with Crippen LogP contribution in [0.2, 0.25) is 0 Å². The van der Waals surface area contributed by atoms with E-state index in [0.717, 1.165) is 30.9 Å². The van der Waals surface area contributed by atoms with Crippen LogP contribution in [-0.2, 0) is 9.53 Å². The second kappa shape index (κ2) is 9.96. The topological polar surface area (TPSA) is 59.6 Å². The molecule has 1 amide bonds. The predicted octanol–water partition coefficient (Wildman–Crippen LogP) is 3.91. The standard InChI is InChI=1S/C21H21FN2O3S/c22-16-6-3-15(4-7-16)5-12-20(25)24-21(28)23-17-8-10-18(11-9-17)27-14-19-2-1-13-26-19/h3-12,19H,1-2,13-14H2,(H2,23,24,25,28)/b12-5+. The van der Waals surface area contributed by atoms with Crippen molar-refractivity contribution in [3.8, 4) is 5.75 Å². The Morgan fingerprint density at radius 2 is 1.96 bits per heavy atom. The lowest BCUT2D eigenvalue weighted by molar-refractivity contribution is -0.115. The molecule has 2 aromatic carbocycles. The SMILES string of the molecule is O=C(/C=C/c1ccc(F)cc1)NC(=S)Nc1ccc(OCC2CCCO2)cc1. The number of carbonyl (C=O) groups is 1. The van der Waals surface area contributed by atoms with Gasteiger partial charge in [0, 0.05) is 18.4 Å². The number of halogens is 1. The van der Waals surface area contributed by atoms with E-state index in [1.807, 2.05) is 24.3 Å². The summed E-state index contributed by atoms with van der Waals surface area (Å²) in [5.41, 5.74) is 1.45. The van der Waals surface area contributed by atoms with E-state index in [9.17, 15) is 9.18 Å². The minimum Gasteiger partial charge on any atom is -0.491 e. The van der Waals surface area contributed by atoms with Gasteiger partial charge in [0.1, 0.15) is 18.2 Å². The fraction of sp³-hybridized carbons (Fsp3) is 0.238. The number of benzene rings is 2. The highest BCUT2D eigenvalue weighted by molar-refractivity contribution is 7.80. The molecule has 1 atom stereocenters. The molecule has 1 aliphatic rings. The van der Waals surface area contributed by atoms with Crippen LogP contribution in [0.5, 0.6) is 5.75 Å². The molecular formula is C21H21FN2O3S. The first kappa shape index (κ1) is 20.0. The number of thiocarbonyl (C=S) groups is 1. The largest absolute Gasteiger partial charge is 0.491 e.